The Balaban J connectivity index is 1.50. The quantitative estimate of drug-likeness (QED) is 0.912. The lowest BCUT2D eigenvalue weighted by molar-refractivity contribution is -0.124. The van der Waals surface area contributed by atoms with E-state index < -0.39 is 0 Å². The van der Waals surface area contributed by atoms with E-state index >= 15 is 0 Å². The molecule has 2 atom stereocenters. The SMILES string of the molecule is Cc1nc(-c2ccc(OCC(=O)NC3CCCCC3C)cc2)no1. The summed E-state index contributed by atoms with van der Waals surface area (Å²) in [6.45, 7) is 3.98. The number of amides is 1. The van der Waals surface area contributed by atoms with Crippen LogP contribution < -0.4 is 10.1 Å². The Labute approximate surface area is 141 Å². The molecule has 1 aliphatic carbocycles. The maximum Gasteiger partial charge on any atom is 0.258 e. The molecule has 6 nitrogen and oxygen atoms in total. The fraction of sp³-hybridized carbons (Fsp3) is 0.500. The van der Waals surface area contributed by atoms with Crippen molar-refractivity contribution in [1.82, 2.24) is 15.5 Å². The smallest absolute Gasteiger partial charge is 0.258 e. The van der Waals surface area contributed by atoms with E-state index in [1.165, 1.54) is 19.3 Å². The highest BCUT2D eigenvalue weighted by molar-refractivity contribution is 5.77. The minimum absolute atomic E-state index is 0.0316. The molecule has 1 aliphatic rings. The van der Waals surface area contributed by atoms with E-state index in [0.29, 0.717) is 23.4 Å². The van der Waals surface area contributed by atoms with Crippen molar-refractivity contribution >= 4 is 5.91 Å². The van der Waals surface area contributed by atoms with Gasteiger partial charge in [0, 0.05) is 18.5 Å². The molecule has 6 heteroatoms. The lowest BCUT2D eigenvalue weighted by Gasteiger charge is -2.29. The number of aryl methyl sites for hydroxylation is 1. The number of hydrogen-bond acceptors (Lipinski definition) is 5. The number of carbonyl (C=O) groups is 1. The van der Waals surface area contributed by atoms with Crippen molar-refractivity contribution in [3.05, 3.63) is 30.2 Å². The van der Waals surface area contributed by atoms with Gasteiger partial charge in [0.15, 0.2) is 6.61 Å². The molecule has 2 unspecified atom stereocenters. The summed E-state index contributed by atoms with van der Waals surface area (Å²) in [7, 11) is 0. The predicted octanol–water partition coefficient (Wildman–Crippen LogP) is 3.12. The van der Waals surface area contributed by atoms with Gasteiger partial charge in [0.1, 0.15) is 5.75 Å². The topological polar surface area (TPSA) is 77.2 Å². The monoisotopic (exact) mass is 329 g/mol. The predicted molar refractivity (Wildman–Crippen MR) is 89.5 cm³/mol. The van der Waals surface area contributed by atoms with Gasteiger partial charge in [0.2, 0.25) is 11.7 Å². The average Bonchev–Trinajstić information content (AvgIpc) is 3.02. The van der Waals surface area contributed by atoms with Gasteiger partial charge in [-0.2, -0.15) is 4.98 Å². The molecule has 1 aromatic carbocycles. The largest absolute Gasteiger partial charge is 0.484 e. The van der Waals surface area contributed by atoms with Gasteiger partial charge < -0.3 is 14.6 Å². The number of nitrogens with one attached hydrogen (secondary N) is 1. The van der Waals surface area contributed by atoms with E-state index in [-0.39, 0.29) is 18.6 Å². The van der Waals surface area contributed by atoms with Gasteiger partial charge in [-0.3, -0.25) is 4.79 Å². The van der Waals surface area contributed by atoms with Crippen LogP contribution in [0.1, 0.15) is 38.5 Å². The maximum atomic E-state index is 12.1. The molecule has 128 valence electrons. The van der Waals surface area contributed by atoms with Crippen LogP contribution in [0.5, 0.6) is 5.75 Å². The van der Waals surface area contributed by atoms with Crippen molar-refractivity contribution in [2.24, 2.45) is 5.92 Å². The van der Waals surface area contributed by atoms with Gasteiger partial charge in [0.25, 0.3) is 5.91 Å². The van der Waals surface area contributed by atoms with Crippen molar-refractivity contribution in [3.8, 4) is 17.1 Å². The first-order chi connectivity index (χ1) is 11.6. The lowest BCUT2D eigenvalue weighted by Crippen LogP contribution is -2.43. The van der Waals surface area contributed by atoms with E-state index in [1.807, 2.05) is 12.1 Å². The second-order valence-corrected chi connectivity index (χ2v) is 6.39. The molecule has 0 radical (unpaired) electrons. The highest BCUT2D eigenvalue weighted by Crippen LogP contribution is 2.24. The minimum atomic E-state index is -0.0633. The summed E-state index contributed by atoms with van der Waals surface area (Å²) in [5.41, 5.74) is 0.847. The molecule has 24 heavy (non-hydrogen) atoms. The van der Waals surface area contributed by atoms with Crippen LogP contribution in [0.15, 0.2) is 28.8 Å². The molecule has 1 fully saturated rings. The Morgan fingerprint density at radius 2 is 2.04 bits per heavy atom. The van der Waals surface area contributed by atoms with Gasteiger partial charge in [-0.15, -0.1) is 0 Å². The molecule has 1 N–H and O–H groups in total. The van der Waals surface area contributed by atoms with Crippen molar-refractivity contribution in [1.29, 1.82) is 0 Å². The zero-order valence-electron chi connectivity index (χ0n) is 14.1. The van der Waals surface area contributed by atoms with Crippen LogP contribution in [0.2, 0.25) is 0 Å². The third kappa shape index (κ3) is 4.13. The average molecular weight is 329 g/mol. The summed E-state index contributed by atoms with van der Waals surface area (Å²) in [4.78, 5) is 16.2. The summed E-state index contributed by atoms with van der Waals surface area (Å²) < 4.78 is 10.5. The number of rotatable bonds is 5. The van der Waals surface area contributed by atoms with Gasteiger partial charge in [-0.1, -0.05) is 24.9 Å². The number of carbonyl (C=O) groups excluding carboxylic acids is 1. The number of aromatic nitrogens is 2. The number of ether oxygens (including phenoxy) is 1. The molecule has 1 aromatic heterocycles. The number of benzene rings is 1. The second-order valence-electron chi connectivity index (χ2n) is 6.39. The second kappa shape index (κ2) is 7.47. The van der Waals surface area contributed by atoms with E-state index in [0.717, 1.165) is 12.0 Å². The van der Waals surface area contributed by atoms with Crippen LogP contribution in [0.4, 0.5) is 0 Å². The molecule has 2 aromatic rings. The van der Waals surface area contributed by atoms with Crippen LogP contribution in [0.25, 0.3) is 11.4 Å². The van der Waals surface area contributed by atoms with Crippen molar-refractivity contribution < 1.29 is 14.1 Å². The molecular formula is C18H23N3O3. The van der Waals surface area contributed by atoms with Gasteiger partial charge >= 0.3 is 0 Å². The van der Waals surface area contributed by atoms with Crippen LogP contribution in [0, 0.1) is 12.8 Å². The zero-order chi connectivity index (χ0) is 16.9. The van der Waals surface area contributed by atoms with E-state index in [1.54, 1.807) is 19.1 Å². The van der Waals surface area contributed by atoms with E-state index in [9.17, 15) is 4.79 Å². The van der Waals surface area contributed by atoms with Crippen molar-refractivity contribution in [3.63, 3.8) is 0 Å². The van der Waals surface area contributed by atoms with E-state index in [4.69, 9.17) is 9.26 Å². The van der Waals surface area contributed by atoms with Crippen molar-refractivity contribution in [2.75, 3.05) is 6.61 Å². The molecule has 1 saturated carbocycles. The number of nitrogens with zero attached hydrogens (tertiary/aromatic N) is 2. The molecule has 0 spiro atoms. The molecule has 0 saturated heterocycles. The Bertz CT molecular complexity index is 681. The summed E-state index contributed by atoms with van der Waals surface area (Å²) >= 11 is 0. The van der Waals surface area contributed by atoms with E-state index in [2.05, 4.69) is 22.4 Å². The molecule has 3 rings (SSSR count). The van der Waals surface area contributed by atoms with Gasteiger partial charge in [-0.25, -0.2) is 0 Å². The molecule has 0 aliphatic heterocycles. The fourth-order valence-corrected chi connectivity index (χ4v) is 3.04. The number of hydrogen-bond donors (Lipinski definition) is 1. The normalized spacial score (nSPS) is 20.6. The summed E-state index contributed by atoms with van der Waals surface area (Å²) in [5.74, 6) is 2.19. The summed E-state index contributed by atoms with van der Waals surface area (Å²) in [6, 6.07) is 7.58. The van der Waals surface area contributed by atoms with Crippen LogP contribution in [-0.4, -0.2) is 28.7 Å². The lowest BCUT2D eigenvalue weighted by atomic mass is 9.86. The van der Waals surface area contributed by atoms with Gasteiger partial charge in [0.05, 0.1) is 0 Å². The first-order valence-electron chi connectivity index (χ1n) is 8.45. The van der Waals surface area contributed by atoms with Gasteiger partial charge in [-0.05, 0) is 43.0 Å². The Hall–Kier alpha value is -2.37. The fourth-order valence-electron chi connectivity index (χ4n) is 3.04. The highest BCUT2D eigenvalue weighted by atomic mass is 16.5. The maximum absolute atomic E-state index is 12.1. The first-order valence-corrected chi connectivity index (χ1v) is 8.45. The summed E-state index contributed by atoms with van der Waals surface area (Å²) in [6.07, 6.45) is 4.69. The standard InChI is InChI=1S/C18H23N3O3/c1-12-5-3-4-6-16(12)20-17(22)11-23-15-9-7-14(8-10-15)18-19-13(2)24-21-18/h7-10,12,16H,3-6,11H2,1-2H3,(H,20,22). The summed E-state index contributed by atoms with van der Waals surface area (Å²) in [5, 5.41) is 6.95. The molecule has 1 heterocycles. The zero-order valence-corrected chi connectivity index (χ0v) is 14.1. The molecule has 0 bridgehead atoms. The van der Waals surface area contributed by atoms with Crippen molar-refractivity contribution in [2.45, 2.75) is 45.6 Å². The Morgan fingerprint density at radius 1 is 1.29 bits per heavy atom. The minimum Gasteiger partial charge on any atom is -0.484 e. The molecule has 1 amide bonds. The Kier molecular flexibility index (Phi) is 5.13. The highest BCUT2D eigenvalue weighted by Gasteiger charge is 2.22. The molecular weight excluding hydrogens is 306 g/mol. The third-order valence-electron chi connectivity index (χ3n) is 4.47. The Morgan fingerprint density at radius 3 is 2.71 bits per heavy atom. The first kappa shape index (κ1) is 16.5. The third-order valence-corrected chi connectivity index (χ3v) is 4.47. The van der Waals surface area contributed by atoms with Crippen LogP contribution in [-0.2, 0) is 4.79 Å². The van der Waals surface area contributed by atoms with Crippen LogP contribution in [0.3, 0.4) is 0 Å². The van der Waals surface area contributed by atoms with Crippen LogP contribution >= 0.6 is 0 Å².